The van der Waals surface area contributed by atoms with Crippen molar-refractivity contribution < 1.29 is 19.1 Å². The van der Waals surface area contributed by atoms with Gasteiger partial charge in [0.25, 0.3) is 5.91 Å². The van der Waals surface area contributed by atoms with Crippen LogP contribution in [0.25, 0.3) is 0 Å². The van der Waals surface area contributed by atoms with Crippen molar-refractivity contribution in [2.75, 3.05) is 13.1 Å². The number of halogens is 1. The van der Waals surface area contributed by atoms with Crippen LogP contribution < -0.4 is 0 Å². The van der Waals surface area contributed by atoms with Gasteiger partial charge in [-0.2, -0.15) is 0 Å². The third kappa shape index (κ3) is 3.09. The number of aryl methyl sites for hydroxylation is 2. The molecule has 136 valence electrons. The number of rotatable bonds is 3. The number of likely N-dealkylation sites (tertiary alicyclic amines) is 1. The molecule has 2 aromatic carbocycles. The zero-order valence-electron chi connectivity index (χ0n) is 15.0. The second kappa shape index (κ2) is 6.90. The maximum Gasteiger partial charge on any atom is 0.314 e. The van der Waals surface area contributed by atoms with Crippen LogP contribution in [-0.4, -0.2) is 35.0 Å². The Bertz CT molecular complexity index is 817. The highest BCUT2D eigenvalue weighted by Crippen LogP contribution is 2.36. The molecule has 0 bridgehead atoms. The van der Waals surface area contributed by atoms with Gasteiger partial charge in [0.2, 0.25) is 0 Å². The molecule has 0 spiro atoms. The first-order valence-corrected chi connectivity index (χ1v) is 8.70. The first-order valence-electron chi connectivity index (χ1n) is 8.70. The molecular weight excluding hydrogens is 333 g/mol. The third-order valence-corrected chi connectivity index (χ3v) is 5.32. The minimum absolute atomic E-state index is 0.178. The normalized spacial score (nSPS) is 16.3. The molecule has 0 aliphatic carbocycles. The highest BCUT2D eigenvalue weighted by Gasteiger charge is 2.43. The van der Waals surface area contributed by atoms with Crippen LogP contribution in [0.1, 0.15) is 39.9 Å². The van der Waals surface area contributed by atoms with Gasteiger partial charge in [-0.3, -0.25) is 9.59 Å². The Labute approximate surface area is 152 Å². The largest absolute Gasteiger partial charge is 0.481 e. The zero-order valence-corrected chi connectivity index (χ0v) is 15.0. The van der Waals surface area contributed by atoms with Crippen LogP contribution in [-0.2, 0) is 10.2 Å². The number of nitrogens with zero attached hydrogens (tertiary/aromatic N) is 1. The highest BCUT2D eigenvalue weighted by atomic mass is 19.1. The Morgan fingerprint density at radius 1 is 1.04 bits per heavy atom. The number of hydrogen-bond acceptors (Lipinski definition) is 2. The Kier molecular flexibility index (Phi) is 4.81. The van der Waals surface area contributed by atoms with Crippen LogP contribution >= 0.6 is 0 Å². The molecule has 1 fully saturated rings. The van der Waals surface area contributed by atoms with Gasteiger partial charge in [-0.15, -0.1) is 0 Å². The van der Waals surface area contributed by atoms with E-state index in [1.165, 1.54) is 0 Å². The van der Waals surface area contributed by atoms with E-state index in [9.17, 15) is 19.1 Å². The lowest BCUT2D eigenvalue weighted by molar-refractivity contribution is -0.145. The average molecular weight is 355 g/mol. The van der Waals surface area contributed by atoms with Crippen LogP contribution in [0.4, 0.5) is 4.39 Å². The van der Waals surface area contributed by atoms with Crippen molar-refractivity contribution >= 4 is 11.9 Å². The van der Waals surface area contributed by atoms with Crippen LogP contribution in [0.15, 0.2) is 42.5 Å². The van der Waals surface area contributed by atoms with Crippen LogP contribution in [0, 0.1) is 19.7 Å². The molecule has 0 radical (unpaired) electrons. The van der Waals surface area contributed by atoms with E-state index in [0.717, 1.165) is 5.56 Å². The van der Waals surface area contributed by atoms with Crippen molar-refractivity contribution in [1.29, 1.82) is 0 Å². The van der Waals surface area contributed by atoms with Crippen LogP contribution in [0.5, 0.6) is 0 Å². The molecule has 0 saturated carbocycles. The Morgan fingerprint density at radius 3 is 2.08 bits per heavy atom. The van der Waals surface area contributed by atoms with Gasteiger partial charge >= 0.3 is 5.97 Å². The van der Waals surface area contributed by atoms with E-state index >= 15 is 0 Å². The van der Waals surface area contributed by atoms with Gasteiger partial charge < -0.3 is 10.0 Å². The molecule has 1 saturated heterocycles. The van der Waals surface area contributed by atoms with E-state index in [-0.39, 0.29) is 11.7 Å². The molecule has 2 aromatic rings. The van der Waals surface area contributed by atoms with Gasteiger partial charge in [0.1, 0.15) is 5.82 Å². The monoisotopic (exact) mass is 355 g/mol. The molecule has 0 atom stereocenters. The standard InChI is InChI=1S/C21H22FNO3/c1-14-12-16(13-15(2)18(14)22)19(24)23-10-8-21(9-11-23,20(25)26)17-6-4-3-5-7-17/h3-7,12-13H,8-11H2,1-2H3,(H,25,26). The second-order valence-corrected chi connectivity index (χ2v) is 6.97. The lowest BCUT2D eigenvalue weighted by atomic mass is 9.72. The van der Waals surface area contributed by atoms with Crippen molar-refractivity contribution in [3.05, 3.63) is 70.5 Å². The van der Waals surface area contributed by atoms with E-state index in [0.29, 0.717) is 42.6 Å². The summed E-state index contributed by atoms with van der Waals surface area (Å²) < 4.78 is 13.8. The number of hydrogen-bond donors (Lipinski definition) is 1. The number of amides is 1. The summed E-state index contributed by atoms with van der Waals surface area (Å²) in [5.74, 6) is -1.33. The SMILES string of the molecule is Cc1cc(C(=O)N2CCC(C(=O)O)(c3ccccc3)CC2)cc(C)c1F. The number of carboxylic acids is 1. The predicted molar refractivity (Wildman–Crippen MR) is 96.8 cm³/mol. The summed E-state index contributed by atoms with van der Waals surface area (Å²) in [6.45, 7) is 3.99. The number of carboxylic acid groups (broad SMARTS) is 1. The Morgan fingerprint density at radius 2 is 1.58 bits per heavy atom. The molecule has 1 aliphatic heterocycles. The second-order valence-electron chi connectivity index (χ2n) is 6.97. The number of aliphatic carboxylic acids is 1. The summed E-state index contributed by atoms with van der Waals surface area (Å²) in [7, 11) is 0. The van der Waals surface area contributed by atoms with E-state index < -0.39 is 11.4 Å². The van der Waals surface area contributed by atoms with Gasteiger partial charge in [0.15, 0.2) is 0 Å². The molecule has 1 aliphatic rings. The van der Waals surface area contributed by atoms with Gasteiger partial charge in [-0.05, 0) is 55.5 Å². The summed E-state index contributed by atoms with van der Waals surface area (Å²) in [6, 6.07) is 12.3. The molecular formula is C21H22FNO3. The first-order chi connectivity index (χ1) is 12.3. The van der Waals surface area contributed by atoms with E-state index in [4.69, 9.17) is 0 Å². The van der Waals surface area contributed by atoms with Gasteiger partial charge in [-0.1, -0.05) is 30.3 Å². The maximum atomic E-state index is 13.8. The molecule has 1 amide bonds. The number of carbonyl (C=O) groups excluding carboxylic acids is 1. The van der Waals surface area contributed by atoms with Crippen LogP contribution in [0.3, 0.4) is 0 Å². The zero-order chi connectivity index (χ0) is 18.9. The van der Waals surface area contributed by atoms with E-state index in [1.54, 1.807) is 30.9 Å². The molecule has 0 unspecified atom stereocenters. The fraction of sp³-hybridized carbons (Fsp3) is 0.333. The van der Waals surface area contributed by atoms with Crippen molar-refractivity contribution in [3.63, 3.8) is 0 Å². The first kappa shape index (κ1) is 18.1. The smallest absolute Gasteiger partial charge is 0.314 e. The van der Waals surface area contributed by atoms with Crippen molar-refractivity contribution in [3.8, 4) is 0 Å². The summed E-state index contributed by atoms with van der Waals surface area (Å²) in [5, 5.41) is 9.84. The third-order valence-electron chi connectivity index (χ3n) is 5.32. The van der Waals surface area contributed by atoms with Crippen molar-refractivity contribution in [1.82, 2.24) is 4.90 Å². The van der Waals surface area contributed by atoms with Gasteiger partial charge in [0, 0.05) is 18.7 Å². The highest BCUT2D eigenvalue weighted by molar-refractivity contribution is 5.95. The topological polar surface area (TPSA) is 57.6 Å². The molecule has 0 aromatic heterocycles. The van der Waals surface area contributed by atoms with Gasteiger partial charge in [-0.25, -0.2) is 4.39 Å². The number of piperidine rings is 1. The summed E-state index contributed by atoms with van der Waals surface area (Å²) in [6.07, 6.45) is 0.717. The fourth-order valence-electron chi connectivity index (χ4n) is 3.73. The van der Waals surface area contributed by atoms with Crippen molar-refractivity contribution in [2.45, 2.75) is 32.1 Å². The number of carbonyl (C=O) groups is 2. The molecule has 3 rings (SSSR count). The molecule has 1 N–H and O–H groups in total. The van der Waals surface area contributed by atoms with Gasteiger partial charge in [0.05, 0.1) is 5.41 Å². The average Bonchev–Trinajstić information content (AvgIpc) is 2.65. The number of benzene rings is 2. The van der Waals surface area contributed by atoms with E-state index in [1.807, 2.05) is 30.3 Å². The Hall–Kier alpha value is -2.69. The summed E-state index contributed by atoms with van der Waals surface area (Å²) in [5.41, 5.74) is 1.13. The lowest BCUT2D eigenvalue weighted by Crippen LogP contribution is -2.49. The minimum Gasteiger partial charge on any atom is -0.481 e. The quantitative estimate of drug-likeness (QED) is 0.913. The summed E-state index contributed by atoms with van der Waals surface area (Å²) in [4.78, 5) is 26.5. The maximum absolute atomic E-state index is 13.8. The van der Waals surface area contributed by atoms with Crippen molar-refractivity contribution in [2.24, 2.45) is 0 Å². The van der Waals surface area contributed by atoms with E-state index in [2.05, 4.69) is 0 Å². The summed E-state index contributed by atoms with van der Waals surface area (Å²) >= 11 is 0. The molecule has 26 heavy (non-hydrogen) atoms. The fourth-order valence-corrected chi connectivity index (χ4v) is 3.73. The lowest BCUT2D eigenvalue weighted by Gasteiger charge is -2.39. The Balaban J connectivity index is 1.81. The van der Waals surface area contributed by atoms with Crippen LogP contribution in [0.2, 0.25) is 0 Å². The molecule has 1 heterocycles. The minimum atomic E-state index is -0.966. The predicted octanol–water partition coefficient (Wildman–Crippen LogP) is 3.70. The molecule has 5 heteroatoms. The molecule has 4 nitrogen and oxygen atoms in total.